The summed E-state index contributed by atoms with van der Waals surface area (Å²) in [6.07, 6.45) is 0. The van der Waals surface area contributed by atoms with Gasteiger partial charge in [0.15, 0.2) is 0 Å². The smallest absolute Gasteiger partial charge is 0.146 e. The minimum atomic E-state index is -0.372. The second kappa shape index (κ2) is 7.96. The normalized spacial score (nSPS) is 13.5. The summed E-state index contributed by atoms with van der Waals surface area (Å²) >= 11 is 5.83. The van der Waals surface area contributed by atoms with E-state index in [4.69, 9.17) is 17.3 Å². The third kappa shape index (κ3) is 4.44. The van der Waals surface area contributed by atoms with Crippen molar-refractivity contribution in [3.05, 3.63) is 34.6 Å². The molecule has 0 radical (unpaired) electrons. The van der Waals surface area contributed by atoms with Gasteiger partial charge in [0, 0.05) is 18.2 Å². The molecule has 1 aromatic rings. The fraction of sp³-hybridized carbons (Fsp3) is 0.625. The number of benzene rings is 1. The first-order chi connectivity index (χ1) is 9.38. The number of hydrogen-bond donors (Lipinski definition) is 2. The molecule has 0 aliphatic rings. The highest BCUT2D eigenvalue weighted by Crippen LogP contribution is 2.25. The molecule has 0 saturated carbocycles. The maximum absolute atomic E-state index is 14.1. The largest absolute Gasteiger partial charge is 0.329 e. The fourth-order valence-electron chi connectivity index (χ4n) is 2.63. The SMILES string of the molecule is CC(C)C(CNC(CN)c1cccc(Cl)c1F)C(C)C. The molecule has 1 rings (SSSR count). The van der Waals surface area contributed by atoms with Crippen LogP contribution in [0.5, 0.6) is 0 Å². The van der Waals surface area contributed by atoms with E-state index in [0.29, 0.717) is 29.9 Å². The van der Waals surface area contributed by atoms with Gasteiger partial charge in [0.05, 0.1) is 5.02 Å². The molecule has 1 unspecified atom stereocenters. The van der Waals surface area contributed by atoms with Crippen molar-refractivity contribution < 1.29 is 4.39 Å². The molecule has 114 valence electrons. The summed E-state index contributed by atoms with van der Waals surface area (Å²) in [5, 5.41) is 3.54. The van der Waals surface area contributed by atoms with E-state index < -0.39 is 0 Å². The third-order valence-electron chi connectivity index (χ3n) is 3.91. The van der Waals surface area contributed by atoms with Crippen LogP contribution < -0.4 is 11.1 Å². The highest BCUT2D eigenvalue weighted by molar-refractivity contribution is 6.30. The van der Waals surface area contributed by atoms with Crippen molar-refractivity contribution in [2.75, 3.05) is 13.1 Å². The van der Waals surface area contributed by atoms with Gasteiger partial charge < -0.3 is 11.1 Å². The second-order valence-electron chi connectivity index (χ2n) is 5.99. The summed E-state index contributed by atoms with van der Waals surface area (Å²) in [6, 6.07) is 4.85. The fourth-order valence-corrected chi connectivity index (χ4v) is 2.81. The Morgan fingerprint density at radius 2 is 1.80 bits per heavy atom. The molecule has 0 fully saturated rings. The van der Waals surface area contributed by atoms with Crippen molar-refractivity contribution >= 4 is 11.6 Å². The zero-order valence-electron chi connectivity index (χ0n) is 12.8. The van der Waals surface area contributed by atoms with Crippen LogP contribution in [0.1, 0.15) is 39.3 Å². The summed E-state index contributed by atoms with van der Waals surface area (Å²) in [4.78, 5) is 0. The molecule has 3 N–H and O–H groups in total. The zero-order chi connectivity index (χ0) is 15.3. The molecule has 4 heteroatoms. The van der Waals surface area contributed by atoms with Gasteiger partial charge in [-0.2, -0.15) is 0 Å². The van der Waals surface area contributed by atoms with E-state index in [1.807, 2.05) is 0 Å². The lowest BCUT2D eigenvalue weighted by atomic mass is 9.85. The Balaban J connectivity index is 2.79. The van der Waals surface area contributed by atoms with E-state index in [0.717, 1.165) is 6.54 Å². The van der Waals surface area contributed by atoms with Crippen LogP contribution in [-0.4, -0.2) is 13.1 Å². The van der Waals surface area contributed by atoms with E-state index in [1.54, 1.807) is 18.2 Å². The van der Waals surface area contributed by atoms with Crippen molar-refractivity contribution in [1.29, 1.82) is 0 Å². The number of halogens is 2. The van der Waals surface area contributed by atoms with Crippen LogP contribution in [0, 0.1) is 23.6 Å². The van der Waals surface area contributed by atoms with Crippen molar-refractivity contribution in [3.8, 4) is 0 Å². The molecular formula is C16H26ClFN2. The summed E-state index contributed by atoms with van der Waals surface area (Å²) in [7, 11) is 0. The Morgan fingerprint density at radius 3 is 2.30 bits per heavy atom. The van der Waals surface area contributed by atoms with E-state index in [-0.39, 0.29) is 16.9 Å². The number of hydrogen-bond acceptors (Lipinski definition) is 2. The van der Waals surface area contributed by atoms with Gasteiger partial charge in [-0.05, 0) is 30.4 Å². The summed E-state index contributed by atoms with van der Waals surface area (Å²) in [6.45, 7) is 10.0. The predicted octanol–water partition coefficient (Wildman–Crippen LogP) is 4.00. The monoisotopic (exact) mass is 300 g/mol. The first kappa shape index (κ1) is 17.4. The van der Waals surface area contributed by atoms with Gasteiger partial charge in [-0.3, -0.25) is 0 Å². The molecule has 2 nitrogen and oxygen atoms in total. The molecule has 0 bridgehead atoms. The van der Waals surface area contributed by atoms with Gasteiger partial charge in [-0.1, -0.05) is 51.4 Å². The minimum absolute atomic E-state index is 0.145. The average molecular weight is 301 g/mol. The standard InChI is InChI=1S/C16H26ClFN2/c1-10(2)13(11(3)4)9-20-15(8-19)12-6-5-7-14(17)16(12)18/h5-7,10-11,13,15,20H,8-9,19H2,1-4H3. The van der Waals surface area contributed by atoms with Crippen LogP contribution in [0.15, 0.2) is 18.2 Å². The van der Waals surface area contributed by atoms with E-state index >= 15 is 0 Å². The van der Waals surface area contributed by atoms with E-state index in [9.17, 15) is 4.39 Å². The van der Waals surface area contributed by atoms with Gasteiger partial charge in [0.1, 0.15) is 5.82 Å². The molecular weight excluding hydrogens is 275 g/mol. The average Bonchev–Trinajstić information content (AvgIpc) is 2.37. The quantitative estimate of drug-likeness (QED) is 0.799. The Kier molecular flexibility index (Phi) is 6.93. The maximum atomic E-state index is 14.1. The molecule has 0 amide bonds. The lowest BCUT2D eigenvalue weighted by Crippen LogP contribution is -2.36. The van der Waals surface area contributed by atoms with E-state index in [1.165, 1.54) is 0 Å². The van der Waals surface area contributed by atoms with Crippen LogP contribution in [0.25, 0.3) is 0 Å². The number of nitrogens with two attached hydrogens (primary N) is 1. The number of rotatable bonds is 7. The molecule has 0 aliphatic carbocycles. The van der Waals surface area contributed by atoms with Gasteiger partial charge in [-0.15, -0.1) is 0 Å². The van der Waals surface area contributed by atoms with Gasteiger partial charge in [-0.25, -0.2) is 4.39 Å². The van der Waals surface area contributed by atoms with Crippen LogP contribution >= 0.6 is 11.6 Å². The van der Waals surface area contributed by atoms with Crippen LogP contribution in [0.3, 0.4) is 0 Å². The van der Waals surface area contributed by atoms with Crippen LogP contribution in [-0.2, 0) is 0 Å². The van der Waals surface area contributed by atoms with Crippen molar-refractivity contribution in [1.82, 2.24) is 5.32 Å². The number of nitrogens with one attached hydrogen (secondary N) is 1. The summed E-state index contributed by atoms with van der Waals surface area (Å²) in [5.74, 6) is 1.31. The Labute approximate surface area is 126 Å². The Morgan fingerprint density at radius 1 is 1.20 bits per heavy atom. The second-order valence-corrected chi connectivity index (χ2v) is 6.40. The van der Waals surface area contributed by atoms with Crippen molar-refractivity contribution in [2.24, 2.45) is 23.5 Å². The maximum Gasteiger partial charge on any atom is 0.146 e. The lowest BCUT2D eigenvalue weighted by Gasteiger charge is -2.28. The zero-order valence-corrected chi connectivity index (χ0v) is 13.5. The highest BCUT2D eigenvalue weighted by atomic mass is 35.5. The first-order valence-electron chi connectivity index (χ1n) is 7.25. The lowest BCUT2D eigenvalue weighted by molar-refractivity contribution is 0.265. The third-order valence-corrected chi connectivity index (χ3v) is 4.20. The van der Waals surface area contributed by atoms with E-state index in [2.05, 4.69) is 33.0 Å². The van der Waals surface area contributed by atoms with Gasteiger partial charge in [0.25, 0.3) is 0 Å². The molecule has 0 aliphatic heterocycles. The predicted molar refractivity (Wildman–Crippen MR) is 84.4 cm³/mol. The molecule has 1 atom stereocenters. The topological polar surface area (TPSA) is 38.0 Å². The van der Waals surface area contributed by atoms with Crippen LogP contribution in [0.4, 0.5) is 4.39 Å². The van der Waals surface area contributed by atoms with Gasteiger partial charge in [0.2, 0.25) is 0 Å². The van der Waals surface area contributed by atoms with Crippen LogP contribution in [0.2, 0.25) is 5.02 Å². The Bertz CT molecular complexity index is 413. The molecule has 0 heterocycles. The molecule has 0 saturated heterocycles. The minimum Gasteiger partial charge on any atom is -0.329 e. The molecule has 1 aromatic carbocycles. The highest BCUT2D eigenvalue weighted by Gasteiger charge is 2.21. The first-order valence-corrected chi connectivity index (χ1v) is 7.63. The molecule has 20 heavy (non-hydrogen) atoms. The van der Waals surface area contributed by atoms with Crippen molar-refractivity contribution in [3.63, 3.8) is 0 Å². The molecule has 0 spiro atoms. The summed E-state index contributed by atoms with van der Waals surface area (Å²) < 4.78 is 14.1. The Hall–Kier alpha value is -0.640. The summed E-state index contributed by atoms with van der Waals surface area (Å²) in [5.41, 5.74) is 6.34. The molecule has 0 aromatic heterocycles. The van der Waals surface area contributed by atoms with Crippen molar-refractivity contribution in [2.45, 2.75) is 33.7 Å². The van der Waals surface area contributed by atoms with Gasteiger partial charge >= 0.3 is 0 Å².